The van der Waals surface area contributed by atoms with Gasteiger partial charge in [-0.3, -0.25) is 9.59 Å². The van der Waals surface area contributed by atoms with E-state index in [0.717, 1.165) is 0 Å². The smallest absolute Gasteiger partial charge is 0.245 e. The van der Waals surface area contributed by atoms with Crippen LogP contribution in [-0.2, 0) is 22.7 Å². The van der Waals surface area contributed by atoms with E-state index in [1.54, 1.807) is 13.0 Å². The van der Waals surface area contributed by atoms with Crippen LogP contribution < -0.4 is 0 Å². The summed E-state index contributed by atoms with van der Waals surface area (Å²) in [5.74, 6) is -3.09. The molecule has 1 saturated heterocycles. The number of nitrogens with zero attached hydrogens (tertiary/aromatic N) is 2. The van der Waals surface area contributed by atoms with Gasteiger partial charge < -0.3 is 9.80 Å². The second kappa shape index (κ2) is 7.42. The molecular weight excluding hydrogens is 357 g/mol. The second-order valence-electron chi connectivity index (χ2n) is 6.69. The summed E-state index contributed by atoms with van der Waals surface area (Å²) in [6, 6.07) is 7.82. The third-order valence-electron chi connectivity index (χ3n) is 4.74. The summed E-state index contributed by atoms with van der Waals surface area (Å²) in [5.41, 5.74) is 0.764. The monoisotopic (exact) mass is 376 g/mol. The van der Waals surface area contributed by atoms with E-state index in [0.29, 0.717) is 5.56 Å². The number of halogens is 3. The number of rotatable bonds is 4. The van der Waals surface area contributed by atoms with Crippen LogP contribution in [0.1, 0.15) is 23.6 Å². The SMILES string of the molecule is Cc1ccc(CN2C(=O)CN(Cc3cccc(F)c3)C(=O)[C@@H]2C)c(F)c1F. The molecule has 2 aromatic rings. The molecule has 0 saturated carbocycles. The maximum atomic E-state index is 14.1. The first kappa shape index (κ1) is 18.9. The largest absolute Gasteiger partial charge is 0.327 e. The number of piperazine rings is 1. The molecule has 0 N–H and O–H groups in total. The van der Waals surface area contributed by atoms with Crippen molar-refractivity contribution in [2.24, 2.45) is 0 Å². The predicted octanol–water partition coefficient (Wildman–Crippen LogP) is 3.17. The Balaban J connectivity index is 1.77. The van der Waals surface area contributed by atoms with Gasteiger partial charge in [0, 0.05) is 18.7 Å². The zero-order chi connectivity index (χ0) is 19.7. The fraction of sp³-hybridized carbons (Fsp3) is 0.300. The predicted molar refractivity (Wildman–Crippen MR) is 92.9 cm³/mol. The maximum absolute atomic E-state index is 14.1. The van der Waals surface area contributed by atoms with Crippen molar-refractivity contribution in [1.29, 1.82) is 0 Å². The molecule has 4 nitrogen and oxygen atoms in total. The maximum Gasteiger partial charge on any atom is 0.245 e. The molecule has 2 aromatic carbocycles. The van der Waals surface area contributed by atoms with Crippen molar-refractivity contribution < 1.29 is 22.8 Å². The lowest BCUT2D eigenvalue weighted by Gasteiger charge is -2.39. The Morgan fingerprint density at radius 1 is 1.04 bits per heavy atom. The fourth-order valence-electron chi connectivity index (χ4n) is 3.15. The Kier molecular flexibility index (Phi) is 5.21. The minimum atomic E-state index is -1.01. The molecule has 2 amide bonds. The third kappa shape index (κ3) is 3.82. The highest BCUT2D eigenvalue weighted by Crippen LogP contribution is 2.22. The van der Waals surface area contributed by atoms with Gasteiger partial charge in [-0.1, -0.05) is 24.3 Å². The molecule has 1 atom stereocenters. The number of benzene rings is 2. The highest BCUT2D eigenvalue weighted by Gasteiger charge is 2.36. The molecule has 1 aliphatic heterocycles. The van der Waals surface area contributed by atoms with Crippen molar-refractivity contribution in [2.75, 3.05) is 6.54 Å². The second-order valence-corrected chi connectivity index (χ2v) is 6.69. The van der Waals surface area contributed by atoms with Crippen molar-refractivity contribution in [3.05, 3.63) is 70.5 Å². The summed E-state index contributed by atoms with van der Waals surface area (Å²) in [6.07, 6.45) is 0. The van der Waals surface area contributed by atoms with Crippen molar-refractivity contribution in [3.8, 4) is 0 Å². The van der Waals surface area contributed by atoms with Crippen LogP contribution in [0.2, 0.25) is 0 Å². The summed E-state index contributed by atoms with van der Waals surface area (Å²) in [6.45, 7) is 2.71. The van der Waals surface area contributed by atoms with E-state index in [1.807, 2.05) is 0 Å². The lowest BCUT2D eigenvalue weighted by molar-refractivity contribution is -0.156. The summed E-state index contributed by atoms with van der Waals surface area (Å²) >= 11 is 0. The number of aryl methyl sites for hydroxylation is 1. The quantitative estimate of drug-likeness (QED) is 0.823. The first-order chi connectivity index (χ1) is 12.8. The summed E-state index contributed by atoms with van der Waals surface area (Å²) in [4.78, 5) is 27.7. The molecule has 0 aromatic heterocycles. The first-order valence-corrected chi connectivity index (χ1v) is 8.54. The zero-order valence-corrected chi connectivity index (χ0v) is 15.0. The van der Waals surface area contributed by atoms with E-state index in [-0.39, 0.29) is 42.6 Å². The topological polar surface area (TPSA) is 40.6 Å². The Labute approximate surface area is 155 Å². The van der Waals surface area contributed by atoms with Gasteiger partial charge in [0.05, 0.1) is 0 Å². The Morgan fingerprint density at radius 3 is 2.48 bits per heavy atom. The van der Waals surface area contributed by atoms with Crippen LogP contribution in [-0.4, -0.2) is 34.2 Å². The van der Waals surface area contributed by atoms with Crippen LogP contribution in [0, 0.1) is 24.4 Å². The van der Waals surface area contributed by atoms with Gasteiger partial charge in [-0.15, -0.1) is 0 Å². The standard InChI is InChI=1S/C20H19F3N2O2/c1-12-6-7-15(19(23)18(12)22)10-25-13(2)20(27)24(11-17(25)26)9-14-4-3-5-16(21)8-14/h3-8,13H,9-11H2,1-2H3/t13-/m0/s1. The van der Waals surface area contributed by atoms with Gasteiger partial charge in [-0.25, -0.2) is 13.2 Å². The van der Waals surface area contributed by atoms with Gasteiger partial charge in [0.15, 0.2) is 11.6 Å². The molecule has 142 valence electrons. The van der Waals surface area contributed by atoms with E-state index in [4.69, 9.17) is 0 Å². The zero-order valence-electron chi connectivity index (χ0n) is 15.0. The minimum Gasteiger partial charge on any atom is -0.327 e. The number of carbonyl (C=O) groups is 2. The van der Waals surface area contributed by atoms with Crippen LogP contribution in [0.5, 0.6) is 0 Å². The molecule has 1 aliphatic rings. The average molecular weight is 376 g/mol. The number of hydrogen-bond donors (Lipinski definition) is 0. The molecule has 0 bridgehead atoms. The summed E-state index contributed by atoms with van der Waals surface area (Å²) in [5, 5.41) is 0. The van der Waals surface area contributed by atoms with Crippen LogP contribution >= 0.6 is 0 Å². The van der Waals surface area contributed by atoms with Gasteiger partial charge >= 0.3 is 0 Å². The first-order valence-electron chi connectivity index (χ1n) is 8.54. The average Bonchev–Trinajstić information content (AvgIpc) is 2.63. The molecule has 0 spiro atoms. The molecule has 0 radical (unpaired) electrons. The van der Waals surface area contributed by atoms with E-state index >= 15 is 0 Å². The van der Waals surface area contributed by atoms with Crippen molar-refractivity contribution in [3.63, 3.8) is 0 Å². The highest BCUT2D eigenvalue weighted by molar-refractivity contribution is 5.94. The molecule has 7 heteroatoms. The number of hydrogen-bond acceptors (Lipinski definition) is 2. The summed E-state index contributed by atoms with van der Waals surface area (Å²) in [7, 11) is 0. The fourth-order valence-corrected chi connectivity index (χ4v) is 3.15. The molecule has 0 unspecified atom stereocenters. The van der Waals surface area contributed by atoms with E-state index < -0.39 is 23.5 Å². The molecule has 3 rings (SSSR count). The molecular formula is C20H19F3N2O2. The van der Waals surface area contributed by atoms with Crippen molar-refractivity contribution in [1.82, 2.24) is 9.80 Å². The molecule has 1 fully saturated rings. The lowest BCUT2D eigenvalue weighted by atomic mass is 10.1. The third-order valence-corrected chi connectivity index (χ3v) is 4.74. The van der Waals surface area contributed by atoms with Crippen molar-refractivity contribution >= 4 is 11.8 Å². The molecule has 27 heavy (non-hydrogen) atoms. The van der Waals surface area contributed by atoms with Crippen LogP contribution in [0.25, 0.3) is 0 Å². The van der Waals surface area contributed by atoms with Gasteiger partial charge in [0.2, 0.25) is 11.8 Å². The van der Waals surface area contributed by atoms with Gasteiger partial charge in [-0.05, 0) is 37.1 Å². The lowest BCUT2D eigenvalue weighted by Crippen LogP contribution is -2.58. The number of amides is 2. The van der Waals surface area contributed by atoms with E-state index in [9.17, 15) is 22.8 Å². The normalized spacial score (nSPS) is 17.6. The van der Waals surface area contributed by atoms with Gasteiger partial charge in [0.1, 0.15) is 18.4 Å². The van der Waals surface area contributed by atoms with Crippen LogP contribution in [0.3, 0.4) is 0 Å². The Hall–Kier alpha value is -2.83. The summed E-state index contributed by atoms with van der Waals surface area (Å²) < 4.78 is 41.2. The minimum absolute atomic E-state index is 0.0182. The van der Waals surface area contributed by atoms with Crippen molar-refractivity contribution in [2.45, 2.75) is 33.0 Å². The van der Waals surface area contributed by atoms with E-state index in [2.05, 4.69) is 0 Å². The van der Waals surface area contributed by atoms with Crippen LogP contribution in [0.15, 0.2) is 36.4 Å². The van der Waals surface area contributed by atoms with E-state index in [1.165, 1.54) is 47.1 Å². The molecule has 0 aliphatic carbocycles. The van der Waals surface area contributed by atoms with Crippen LogP contribution in [0.4, 0.5) is 13.2 Å². The Morgan fingerprint density at radius 2 is 1.78 bits per heavy atom. The number of carbonyl (C=O) groups excluding carboxylic acids is 2. The Bertz CT molecular complexity index is 901. The molecule has 1 heterocycles. The van der Waals surface area contributed by atoms with Gasteiger partial charge in [-0.2, -0.15) is 0 Å². The van der Waals surface area contributed by atoms with Gasteiger partial charge in [0.25, 0.3) is 0 Å². The highest BCUT2D eigenvalue weighted by atomic mass is 19.2.